The standard InChI is InChI=1S/C16H20N8/c1-4-8-22(9-5-1)24-16-12-10-17-11-18-15(12)19-13-6-2-3-7-14(13)23(16)20-21-24/h2-3,6-7,10,12,16H,1,4-5,8-9,11H2,(H,18,19). The first-order chi connectivity index (χ1) is 11.9. The molecule has 1 saturated heterocycles. The van der Waals surface area contributed by atoms with Crippen LogP contribution in [0.4, 0.5) is 11.4 Å². The van der Waals surface area contributed by atoms with Crippen molar-refractivity contribution in [1.82, 2.24) is 10.1 Å². The van der Waals surface area contributed by atoms with Gasteiger partial charge in [-0.2, -0.15) is 5.12 Å². The van der Waals surface area contributed by atoms with Gasteiger partial charge in [0.25, 0.3) is 0 Å². The van der Waals surface area contributed by atoms with E-state index in [0.717, 1.165) is 30.3 Å². The van der Waals surface area contributed by atoms with Crippen LogP contribution in [0.25, 0.3) is 0 Å². The lowest BCUT2D eigenvalue weighted by Gasteiger charge is -2.39. The van der Waals surface area contributed by atoms with Crippen LogP contribution in [0, 0.1) is 5.92 Å². The Hall–Kier alpha value is -2.48. The van der Waals surface area contributed by atoms with Crippen molar-refractivity contribution in [2.24, 2.45) is 26.3 Å². The quantitative estimate of drug-likeness (QED) is 0.860. The minimum atomic E-state index is -0.0537. The van der Waals surface area contributed by atoms with E-state index >= 15 is 0 Å². The monoisotopic (exact) mass is 324 g/mol. The van der Waals surface area contributed by atoms with E-state index in [1.807, 2.05) is 28.5 Å². The molecule has 0 bridgehead atoms. The predicted molar refractivity (Wildman–Crippen MR) is 92.7 cm³/mol. The average molecular weight is 324 g/mol. The summed E-state index contributed by atoms with van der Waals surface area (Å²) < 4.78 is 0. The Morgan fingerprint density at radius 3 is 2.83 bits per heavy atom. The molecule has 0 saturated carbocycles. The number of hydrogen-bond acceptors (Lipinski definition) is 8. The summed E-state index contributed by atoms with van der Waals surface area (Å²) in [6, 6.07) is 8.18. The highest BCUT2D eigenvalue weighted by Crippen LogP contribution is 2.39. The smallest absolute Gasteiger partial charge is 0.174 e. The zero-order valence-corrected chi connectivity index (χ0v) is 13.4. The van der Waals surface area contributed by atoms with Crippen molar-refractivity contribution in [2.75, 3.05) is 30.1 Å². The van der Waals surface area contributed by atoms with Crippen LogP contribution in [0.5, 0.6) is 0 Å². The van der Waals surface area contributed by atoms with Crippen molar-refractivity contribution < 1.29 is 0 Å². The Balaban J connectivity index is 1.58. The van der Waals surface area contributed by atoms with Gasteiger partial charge in [-0.1, -0.05) is 18.6 Å². The number of nitrogens with one attached hydrogen (secondary N) is 1. The van der Waals surface area contributed by atoms with Gasteiger partial charge in [-0.15, -0.1) is 0 Å². The van der Waals surface area contributed by atoms with Crippen molar-refractivity contribution in [3.63, 3.8) is 0 Å². The maximum Gasteiger partial charge on any atom is 0.174 e. The number of nitrogens with zero attached hydrogens (tertiary/aromatic N) is 7. The zero-order chi connectivity index (χ0) is 15.9. The van der Waals surface area contributed by atoms with Gasteiger partial charge in [0.05, 0.1) is 17.3 Å². The SMILES string of the molecule is C1=NCN=C2Nc3ccccc3N3N=NN(N4CCCCC4)C3C12. The highest BCUT2D eigenvalue weighted by molar-refractivity contribution is 6.09. The molecule has 8 nitrogen and oxygen atoms in total. The lowest BCUT2D eigenvalue weighted by molar-refractivity contribution is -0.0640. The van der Waals surface area contributed by atoms with Gasteiger partial charge >= 0.3 is 0 Å². The fourth-order valence-electron chi connectivity index (χ4n) is 3.79. The summed E-state index contributed by atoms with van der Waals surface area (Å²) in [5.74, 6) is 0.960. The number of fused-ring (bicyclic) bond motifs is 5. The van der Waals surface area contributed by atoms with E-state index in [1.54, 1.807) is 0 Å². The van der Waals surface area contributed by atoms with Crippen LogP contribution in [0.2, 0.25) is 0 Å². The fourth-order valence-corrected chi connectivity index (χ4v) is 3.79. The van der Waals surface area contributed by atoms with E-state index in [-0.39, 0.29) is 12.1 Å². The van der Waals surface area contributed by atoms with E-state index in [9.17, 15) is 0 Å². The third kappa shape index (κ3) is 2.10. The highest BCUT2D eigenvalue weighted by Gasteiger charge is 2.45. The second kappa shape index (κ2) is 5.55. The van der Waals surface area contributed by atoms with Crippen LogP contribution in [0.15, 0.2) is 44.7 Å². The first-order valence-electron chi connectivity index (χ1n) is 8.57. The van der Waals surface area contributed by atoms with Gasteiger partial charge in [0, 0.05) is 19.3 Å². The molecule has 0 aliphatic carbocycles. The predicted octanol–water partition coefficient (Wildman–Crippen LogP) is 2.30. The summed E-state index contributed by atoms with van der Waals surface area (Å²) >= 11 is 0. The van der Waals surface area contributed by atoms with Gasteiger partial charge in [-0.25, -0.2) is 15.0 Å². The Morgan fingerprint density at radius 1 is 1.04 bits per heavy atom. The number of hydrogen-bond donors (Lipinski definition) is 1. The number of rotatable bonds is 1. The molecule has 24 heavy (non-hydrogen) atoms. The first-order valence-corrected chi connectivity index (χ1v) is 8.57. The van der Waals surface area contributed by atoms with Gasteiger partial charge in [0.15, 0.2) is 6.17 Å². The van der Waals surface area contributed by atoms with Crippen molar-refractivity contribution in [1.29, 1.82) is 0 Å². The molecular formula is C16H20N8. The van der Waals surface area contributed by atoms with E-state index in [2.05, 4.69) is 42.9 Å². The maximum absolute atomic E-state index is 4.60. The zero-order valence-electron chi connectivity index (χ0n) is 13.4. The fraction of sp³-hybridized carbons (Fsp3) is 0.500. The largest absolute Gasteiger partial charge is 0.342 e. The molecule has 4 aliphatic rings. The Morgan fingerprint density at radius 2 is 1.92 bits per heavy atom. The molecule has 0 radical (unpaired) electrons. The third-order valence-corrected chi connectivity index (χ3v) is 4.98. The van der Waals surface area contributed by atoms with Gasteiger partial charge in [0.1, 0.15) is 12.5 Å². The van der Waals surface area contributed by atoms with E-state index in [1.165, 1.54) is 19.3 Å². The summed E-state index contributed by atoms with van der Waals surface area (Å²) in [5, 5.41) is 18.8. The first kappa shape index (κ1) is 13.9. The lowest BCUT2D eigenvalue weighted by atomic mass is 10.0. The second-order valence-corrected chi connectivity index (χ2v) is 6.46. The van der Waals surface area contributed by atoms with Crippen LogP contribution >= 0.6 is 0 Å². The van der Waals surface area contributed by atoms with Crippen LogP contribution in [0.3, 0.4) is 0 Å². The summed E-state index contributed by atoms with van der Waals surface area (Å²) in [5.41, 5.74) is 2.04. The molecule has 0 amide bonds. The molecule has 2 unspecified atom stereocenters. The maximum atomic E-state index is 4.60. The molecule has 8 heteroatoms. The van der Waals surface area contributed by atoms with Gasteiger partial charge in [-0.05, 0) is 35.4 Å². The topological polar surface area (TPSA) is 71.2 Å². The van der Waals surface area contributed by atoms with Crippen molar-refractivity contribution in [3.05, 3.63) is 24.3 Å². The Labute approximate surface area is 140 Å². The molecule has 1 N–H and O–H groups in total. The van der Waals surface area contributed by atoms with E-state index < -0.39 is 0 Å². The summed E-state index contributed by atoms with van der Waals surface area (Å²) in [6.45, 7) is 2.52. The molecular weight excluding hydrogens is 304 g/mol. The molecule has 1 aromatic carbocycles. The third-order valence-electron chi connectivity index (χ3n) is 4.98. The summed E-state index contributed by atoms with van der Waals surface area (Å²) in [4.78, 5) is 9.00. The number of benzene rings is 1. The molecule has 4 heterocycles. The average Bonchev–Trinajstić information content (AvgIpc) is 3.02. The van der Waals surface area contributed by atoms with E-state index in [0.29, 0.717) is 6.67 Å². The molecule has 4 aliphatic heterocycles. The van der Waals surface area contributed by atoms with Crippen LogP contribution < -0.4 is 10.3 Å². The van der Waals surface area contributed by atoms with E-state index in [4.69, 9.17) is 0 Å². The molecule has 0 spiro atoms. The molecule has 2 atom stereocenters. The number of para-hydroxylation sites is 2. The van der Waals surface area contributed by atoms with Gasteiger partial charge < -0.3 is 5.32 Å². The van der Waals surface area contributed by atoms with Crippen LogP contribution in [-0.4, -0.2) is 48.1 Å². The lowest BCUT2D eigenvalue weighted by Crippen LogP contribution is -2.55. The molecule has 1 fully saturated rings. The minimum Gasteiger partial charge on any atom is -0.342 e. The summed E-state index contributed by atoms with van der Waals surface area (Å²) in [7, 11) is 0. The number of amidine groups is 1. The Bertz CT molecular complexity index is 721. The number of piperidine rings is 1. The highest BCUT2D eigenvalue weighted by atomic mass is 15.9. The number of aliphatic imine (C=N–C) groups is 2. The molecule has 5 rings (SSSR count). The van der Waals surface area contributed by atoms with Gasteiger partial charge in [-0.3, -0.25) is 4.99 Å². The van der Waals surface area contributed by atoms with Crippen molar-refractivity contribution >= 4 is 23.4 Å². The van der Waals surface area contributed by atoms with Crippen molar-refractivity contribution in [3.8, 4) is 0 Å². The van der Waals surface area contributed by atoms with Gasteiger partial charge in [0.2, 0.25) is 0 Å². The summed E-state index contributed by atoms with van der Waals surface area (Å²) in [6.07, 6.45) is 5.63. The molecule has 124 valence electrons. The van der Waals surface area contributed by atoms with Crippen LogP contribution in [0.1, 0.15) is 19.3 Å². The number of anilines is 2. The normalized spacial score (nSPS) is 28.6. The second-order valence-electron chi connectivity index (χ2n) is 6.46. The van der Waals surface area contributed by atoms with Crippen molar-refractivity contribution in [2.45, 2.75) is 25.4 Å². The Kier molecular flexibility index (Phi) is 3.22. The molecule has 1 aromatic rings. The minimum absolute atomic E-state index is 0.0167. The molecule has 0 aromatic heterocycles. The van der Waals surface area contributed by atoms with Crippen LogP contribution in [-0.2, 0) is 0 Å². The number of hydrazine groups is 1.